The summed E-state index contributed by atoms with van der Waals surface area (Å²) in [6.07, 6.45) is 3.63. The van der Waals surface area contributed by atoms with Gasteiger partial charge in [-0.3, -0.25) is 4.79 Å². The van der Waals surface area contributed by atoms with Crippen molar-refractivity contribution >= 4 is 11.7 Å². The van der Waals surface area contributed by atoms with Crippen molar-refractivity contribution in [2.24, 2.45) is 5.92 Å². The van der Waals surface area contributed by atoms with Gasteiger partial charge in [0.1, 0.15) is 0 Å². The van der Waals surface area contributed by atoms with Crippen molar-refractivity contribution in [3.63, 3.8) is 0 Å². The maximum Gasteiger partial charge on any atom is 0.306 e. The average Bonchev–Trinajstić information content (AvgIpc) is 2.29. The number of nitrogens with one attached hydrogen (secondary N) is 1. The standard InChI is InChI=1S/C14H19NO2/c1-10-4-2-6-12(8-10)15-13-7-3-5-11(9-13)14(16)17/h2,4,6,8,11,13,15H,3,5,7,9H2,1H3,(H,16,17). The van der Waals surface area contributed by atoms with Crippen LogP contribution in [-0.4, -0.2) is 17.1 Å². The summed E-state index contributed by atoms with van der Waals surface area (Å²) >= 11 is 0. The summed E-state index contributed by atoms with van der Waals surface area (Å²) in [4.78, 5) is 11.0. The third-order valence-corrected chi connectivity index (χ3v) is 3.41. The number of carbonyl (C=O) groups is 1. The quantitative estimate of drug-likeness (QED) is 0.843. The molecule has 0 radical (unpaired) electrons. The third kappa shape index (κ3) is 3.22. The van der Waals surface area contributed by atoms with E-state index < -0.39 is 5.97 Å². The van der Waals surface area contributed by atoms with Gasteiger partial charge >= 0.3 is 5.97 Å². The summed E-state index contributed by atoms with van der Waals surface area (Å²) in [5, 5.41) is 12.5. The second-order valence-corrected chi connectivity index (χ2v) is 4.91. The minimum absolute atomic E-state index is 0.175. The van der Waals surface area contributed by atoms with Crippen LogP contribution in [0.3, 0.4) is 0 Å². The van der Waals surface area contributed by atoms with Crippen molar-refractivity contribution in [3.05, 3.63) is 29.8 Å². The van der Waals surface area contributed by atoms with E-state index in [1.165, 1.54) is 5.56 Å². The summed E-state index contributed by atoms with van der Waals surface area (Å²) in [6.45, 7) is 2.06. The van der Waals surface area contributed by atoms with Gasteiger partial charge in [-0.05, 0) is 43.9 Å². The number of aliphatic carboxylic acids is 1. The Morgan fingerprint density at radius 1 is 1.41 bits per heavy atom. The molecular weight excluding hydrogens is 214 g/mol. The van der Waals surface area contributed by atoms with Gasteiger partial charge in [0.05, 0.1) is 5.92 Å². The molecule has 3 nitrogen and oxygen atoms in total. The van der Waals surface area contributed by atoms with Crippen LogP contribution in [0.1, 0.15) is 31.2 Å². The molecule has 2 unspecified atom stereocenters. The summed E-state index contributed by atoms with van der Waals surface area (Å²) in [7, 11) is 0. The predicted octanol–water partition coefficient (Wildman–Crippen LogP) is 3.05. The van der Waals surface area contributed by atoms with Gasteiger partial charge in [-0.2, -0.15) is 0 Å². The van der Waals surface area contributed by atoms with Crippen LogP contribution in [0, 0.1) is 12.8 Å². The smallest absolute Gasteiger partial charge is 0.306 e. The third-order valence-electron chi connectivity index (χ3n) is 3.41. The lowest BCUT2D eigenvalue weighted by molar-refractivity contribution is -0.142. The Morgan fingerprint density at radius 3 is 2.94 bits per heavy atom. The molecule has 1 saturated carbocycles. The molecule has 1 aromatic rings. The first-order valence-electron chi connectivity index (χ1n) is 6.21. The topological polar surface area (TPSA) is 49.3 Å². The number of benzene rings is 1. The molecule has 0 aliphatic heterocycles. The molecule has 0 saturated heterocycles. The lowest BCUT2D eigenvalue weighted by Crippen LogP contribution is -2.30. The fraction of sp³-hybridized carbons (Fsp3) is 0.500. The van der Waals surface area contributed by atoms with Gasteiger partial charge in [0.25, 0.3) is 0 Å². The van der Waals surface area contributed by atoms with E-state index >= 15 is 0 Å². The number of anilines is 1. The van der Waals surface area contributed by atoms with Gasteiger partial charge in [-0.1, -0.05) is 18.6 Å². The molecule has 3 heteroatoms. The van der Waals surface area contributed by atoms with Crippen molar-refractivity contribution in [1.29, 1.82) is 0 Å². The maximum absolute atomic E-state index is 11.0. The summed E-state index contributed by atoms with van der Waals surface area (Å²) in [5.74, 6) is -0.827. The second kappa shape index (κ2) is 5.21. The molecule has 0 spiro atoms. The van der Waals surface area contributed by atoms with Crippen LogP contribution in [0.4, 0.5) is 5.69 Å². The number of carboxylic acid groups (broad SMARTS) is 1. The Morgan fingerprint density at radius 2 is 2.24 bits per heavy atom. The Balaban J connectivity index is 1.97. The molecule has 92 valence electrons. The molecule has 1 aliphatic rings. The van der Waals surface area contributed by atoms with Gasteiger partial charge < -0.3 is 10.4 Å². The number of rotatable bonds is 3. The lowest BCUT2D eigenvalue weighted by atomic mass is 9.85. The second-order valence-electron chi connectivity index (χ2n) is 4.91. The molecule has 2 atom stereocenters. The monoisotopic (exact) mass is 233 g/mol. The molecule has 1 aromatic carbocycles. The Labute approximate surface area is 102 Å². The maximum atomic E-state index is 11.0. The van der Waals surface area contributed by atoms with Gasteiger partial charge in [0, 0.05) is 11.7 Å². The Hall–Kier alpha value is -1.51. The fourth-order valence-corrected chi connectivity index (χ4v) is 2.52. The zero-order valence-corrected chi connectivity index (χ0v) is 10.1. The highest BCUT2D eigenvalue weighted by atomic mass is 16.4. The van der Waals surface area contributed by atoms with Crippen LogP contribution in [0.25, 0.3) is 0 Å². The minimum Gasteiger partial charge on any atom is -0.481 e. The van der Waals surface area contributed by atoms with E-state index in [1.807, 2.05) is 12.1 Å². The van der Waals surface area contributed by atoms with Crippen molar-refractivity contribution in [2.45, 2.75) is 38.6 Å². The van der Waals surface area contributed by atoms with Crippen LogP contribution < -0.4 is 5.32 Å². The first-order chi connectivity index (χ1) is 8.15. The Bertz CT molecular complexity index is 403. The summed E-state index contributed by atoms with van der Waals surface area (Å²) < 4.78 is 0. The van der Waals surface area contributed by atoms with Crippen molar-refractivity contribution < 1.29 is 9.90 Å². The van der Waals surface area contributed by atoms with Crippen molar-refractivity contribution in [1.82, 2.24) is 0 Å². The molecule has 1 aliphatic carbocycles. The van der Waals surface area contributed by atoms with Crippen LogP contribution in [-0.2, 0) is 4.79 Å². The van der Waals surface area contributed by atoms with Crippen LogP contribution in [0.2, 0.25) is 0 Å². The van der Waals surface area contributed by atoms with Crippen molar-refractivity contribution in [2.75, 3.05) is 5.32 Å². The van der Waals surface area contributed by atoms with E-state index in [0.29, 0.717) is 6.04 Å². The molecule has 17 heavy (non-hydrogen) atoms. The largest absolute Gasteiger partial charge is 0.481 e. The van der Waals surface area contributed by atoms with Crippen LogP contribution in [0.5, 0.6) is 0 Å². The number of aryl methyl sites for hydroxylation is 1. The molecular formula is C14H19NO2. The van der Waals surface area contributed by atoms with E-state index in [4.69, 9.17) is 5.11 Å². The Kier molecular flexibility index (Phi) is 3.67. The highest BCUT2D eigenvalue weighted by Crippen LogP contribution is 2.27. The van der Waals surface area contributed by atoms with Crippen LogP contribution in [0.15, 0.2) is 24.3 Å². The van der Waals surface area contributed by atoms with Gasteiger partial charge in [-0.15, -0.1) is 0 Å². The zero-order valence-electron chi connectivity index (χ0n) is 10.1. The van der Waals surface area contributed by atoms with E-state index in [2.05, 4.69) is 24.4 Å². The van der Waals surface area contributed by atoms with E-state index in [0.717, 1.165) is 31.4 Å². The molecule has 0 heterocycles. The molecule has 0 amide bonds. The normalized spacial score (nSPS) is 24.3. The van der Waals surface area contributed by atoms with Gasteiger partial charge in [0.2, 0.25) is 0 Å². The number of hydrogen-bond donors (Lipinski definition) is 2. The number of carboxylic acids is 1. The van der Waals surface area contributed by atoms with E-state index in [-0.39, 0.29) is 5.92 Å². The van der Waals surface area contributed by atoms with Crippen molar-refractivity contribution in [3.8, 4) is 0 Å². The zero-order chi connectivity index (χ0) is 12.3. The highest BCUT2D eigenvalue weighted by Gasteiger charge is 2.26. The predicted molar refractivity (Wildman–Crippen MR) is 68.2 cm³/mol. The molecule has 2 N–H and O–H groups in total. The molecule has 2 rings (SSSR count). The number of hydrogen-bond acceptors (Lipinski definition) is 2. The summed E-state index contributed by atoms with van der Waals surface area (Å²) in [5.41, 5.74) is 2.32. The lowest BCUT2D eigenvalue weighted by Gasteiger charge is -2.28. The van der Waals surface area contributed by atoms with Crippen LogP contribution >= 0.6 is 0 Å². The molecule has 0 aromatic heterocycles. The average molecular weight is 233 g/mol. The SMILES string of the molecule is Cc1cccc(NC2CCCC(C(=O)O)C2)c1. The fourth-order valence-electron chi connectivity index (χ4n) is 2.52. The molecule has 1 fully saturated rings. The van der Waals surface area contributed by atoms with E-state index in [1.54, 1.807) is 0 Å². The first kappa shape index (κ1) is 12.0. The summed E-state index contributed by atoms with van der Waals surface area (Å²) in [6, 6.07) is 8.52. The minimum atomic E-state index is -0.652. The van der Waals surface area contributed by atoms with Gasteiger partial charge in [-0.25, -0.2) is 0 Å². The van der Waals surface area contributed by atoms with E-state index in [9.17, 15) is 4.79 Å². The highest BCUT2D eigenvalue weighted by molar-refractivity contribution is 5.70. The first-order valence-corrected chi connectivity index (χ1v) is 6.21. The van der Waals surface area contributed by atoms with Gasteiger partial charge in [0.15, 0.2) is 0 Å². The molecule has 0 bridgehead atoms.